The van der Waals surface area contributed by atoms with E-state index in [1.54, 1.807) is 12.3 Å². The van der Waals surface area contributed by atoms with Gasteiger partial charge in [0.05, 0.1) is 16.5 Å². The van der Waals surface area contributed by atoms with Crippen LogP contribution in [0.3, 0.4) is 0 Å². The van der Waals surface area contributed by atoms with Gasteiger partial charge in [-0.15, -0.1) is 0 Å². The summed E-state index contributed by atoms with van der Waals surface area (Å²) in [5.74, 6) is -0.0529. The van der Waals surface area contributed by atoms with E-state index in [9.17, 15) is 4.79 Å². The van der Waals surface area contributed by atoms with Crippen LogP contribution < -0.4 is 15.0 Å². The Hall–Kier alpha value is -3.56. The summed E-state index contributed by atoms with van der Waals surface area (Å²) in [6.07, 6.45) is 7.81. The Kier molecular flexibility index (Phi) is 7.13. The van der Waals surface area contributed by atoms with Gasteiger partial charge < -0.3 is 15.0 Å². The zero-order valence-electron chi connectivity index (χ0n) is 24.6. The molecular formula is C33H36ClFN6O2. The Balaban J connectivity index is 1.34. The summed E-state index contributed by atoms with van der Waals surface area (Å²) < 4.78 is 23.1. The quantitative estimate of drug-likeness (QED) is 0.284. The number of benzene rings is 2. The Bertz CT molecular complexity index is 1720. The van der Waals surface area contributed by atoms with Gasteiger partial charge in [0.25, 0.3) is 0 Å². The highest BCUT2D eigenvalue weighted by atomic mass is 35.5. The highest BCUT2D eigenvalue weighted by Gasteiger charge is 2.45. The first-order chi connectivity index (χ1) is 20.8. The summed E-state index contributed by atoms with van der Waals surface area (Å²) in [5.41, 5.74) is 0.497. The Morgan fingerprint density at radius 3 is 2.58 bits per heavy atom. The summed E-state index contributed by atoms with van der Waals surface area (Å²) in [4.78, 5) is 30.8. The van der Waals surface area contributed by atoms with Gasteiger partial charge in [-0.05, 0) is 70.0 Å². The topological polar surface area (TPSA) is 83.5 Å². The number of rotatable bonds is 6. The summed E-state index contributed by atoms with van der Waals surface area (Å²) in [7, 11) is 0. The van der Waals surface area contributed by atoms with Crippen molar-refractivity contribution in [1.29, 1.82) is 0 Å². The number of carbonyl (C=O) groups excluding carboxylic acids is 1. The molecule has 1 amide bonds. The first-order valence-electron chi connectivity index (χ1n) is 15.2. The maximum absolute atomic E-state index is 16.7. The molecule has 2 aromatic heterocycles. The van der Waals surface area contributed by atoms with E-state index in [1.165, 1.54) is 6.92 Å². The lowest BCUT2D eigenvalue weighted by atomic mass is 9.91. The van der Waals surface area contributed by atoms with Crippen LogP contribution in [-0.2, 0) is 4.79 Å². The van der Waals surface area contributed by atoms with Gasteiger partial charge >= 0.3 is 6.01 Å². The van der Waals surface area contributed by atoms with E-state index >= 15 is 4.39 Å². The van der Waals surface area contributed by atoms with Crippen LogP contribution in [0.4, 0.5) is 10.2 Å². The third kappa shape index (κ3) is 5.06. The number of anilines is 1. The SMILES string of the molecule is CC(=O)NC1(C)CCCN(c2nc(OCC34CCCN3CCC4)nc3c(F)c(-c4cccc5cccc(Cl)c45)ncc23)C1. The molecule has 0 radical (unpaired) electrons. The minimum atomic E-state index is -0.540. The summed E-state index contributed by atoms with van der Waals surface area (Å²) in [5, 5.41) is 5.79. The number of pyridine rings is 1. The molecule has 3 fully saturated rings. The summed E-state index contributed by atoms with van der Waals surface area (Å²) >= 11 is 6.61. The average Bonchev–Trinajstić information content (AvgIpc) is 3.56. The molecule has 1 unspecified atom stereocenters. The van der Waals surface area contributed by atoms with Crippen molar-refractivity contribution >= 4 is 45.0 Å². The van der Waals surface area contributed by atoms with Crippen LogP contribution in [-0.4, -0.2) is 69.6 Å². The lowest BCUT2D eigenvalue weighted by Gasteiger charge is -2.41. The second-order valence-electron chi connectivity index (χ2n) is 12.6. The molecule has 0 saturated carbocycles. The standard InChI is InChI=1S/C33H36ClFN6O2/c1-21(42)39-32(2)12-5-15-40(19-32)30-24-18-36-28(23-10-3-8-22-9-4-11-25(34)26(22)23)27(35)29(24)37-31(38-30)43-20-33-13-6-16-41(33)17-7-14-33/h3-4,8-11,18H,5-7,12-17,19-20H2,1-2H3,(H,39,42). The molecule has 43 heavy (non-hydrogen) atoms. The molecule has 224 valence electrons. The van der Waals surface area contributed by atoms with Crippen molar-refractivity contribution in [2.24, 2.45) is 0 Å². The van der Waals surface area contributed by atoms with Crippen LogP contribution in [0, 0.1) is 5.82 Å². The zero-order chi connectivity index (χ0) is 29.8. The Labute approximate surface area is 255 Å². The van der Waals surface area contributed by atoms with Crippen molar-refractivity contribution in [3.8, 4) is 17.3 Å². The fraction of sp³-hybridized carbons (Fsp3) is 0.455. The fourth-order valence-corrected chi connectivity index (χ4v) is 7.90. The number of nitrogens with zero attached hydrogens (tertiary/aromatic N) is 5. The molecular weight excluding hydrogens is 567 g/mol. The Morgan fingerprint density at radius 1 is 1.07 bits per heavy atom. The van der Waals surface area contributed by atoms with Gasteiger partial charge in [0.1, 0.15) is 23.6 Å². The number of piperidine rings is 1. The van der Waals surface area contributed by atoms with Gasteiger partial charge in [-0.2, -0.15) is 9.97 Å². The molecule has 3 aliphatic heterocycles. The molecule has 3 saturated heterocycles. The normalized spacial score (nSPS) is 21.8. The van der Waals surface area contributed by atoms with Crippen molar-refractivity contribution in [1.82, 2.24) is 25.2 Å². The molecule has 1 N–H and O–H groups in total. The van der Waals surface area contributed by atoms with Crippen molar-refractivity contribution in [3.63, 3.8) is 0 Å². The highest BCUT2D eigenvalue weighted by Crippen LogP contribution is 2.41. The number of ether oxygens (including phenoxy) is 1. The molecule has 0 aliphatic carbocycles. The first-order valence-corrected chi connectivity index (χ1v) is 15.6. The number of aromatic nitrogens is 3. The van der Waals surface area contributed by atoms with Crippen molar-refractivity contribution in [2.75, 3.05) is 37.7 Å². The summed E-state index contributed by atoms with van der Waals surface area (Å²) in [6, 6.07) is 11.5. The molecule has 8 nitrogen and oxygen atoms in total. The predicted octanol–water partition coefficient (Wildman–Crippen LogP) is 6.14. The van der Waals surface area contributed by atoms with E-state index in [0.717, 1.165) is 62.4 Å². The first kappa shape index (κ1) is 28.2. The van der Waals surface area contributed by atoms with Crippen molar-refractivity contribution < 1.29 is 13.9 Å². The molecule has 4 aromatic rings. The number of hydrogen-bond donors (Lipinski definition) is 1. The van der Waals surface area contributed by atoms with Crippen LogP contribution in [0.2, 0.25) is 5.02 Å². The van der Waals surface area contributed by atoms with Gasteiger partial charge in [-0.25, -0.2) is 4.39 Å². The smallest absolute Gasteiger partial charge is 0.319 e. The zero-order valence-corrected chi connectivity index (χ0v) is 25.4. The van der Waals surface area contributed by atoms with E-state index in [0.29, 0.717) is 41.5 Å². The van der Waals surface area contributed by atoms with Crippen LogP contribution in [0.25, 0.3) is 32.9 Å². The van der Waals surface area contributed by atoms with E-state index < -0.39 is 11.4 Å². The van der Waals surface area contributed by atoms with Crippen LogP contribution in [0.15, 0.2) is 42.6 Å². The molecule has 2 aromatic carbocycles. The second-order valence-corrected chi connectivity index (χ2v) is 13.0. The maximum Gasteiger partial charge on any atom is 0.319 e. The monoisotopic (exact) mass is 602 g/mol. The second kappa shape index (κ2) is 10.9. The minimum absolute atomic E-state index is 0.00473. The van der Waals surface area contributed by atoms with E-state index in [2.05, 4.69) is 25.1 Å². The molecule has 0 spiro atoms. The largest absolute Gasteiger partial charge is 0.461 e. The number of halogens is 2. The van der Waals surface area contributed by atoms with E-state index in [4.69, 9.17) is 21.3 Å². The van der Waals surface area contributed by atoms with Gasteiger partial charge in [0.2, 0.25) is 5.91 Å². The van der Waals surface area contributed by atoms with E-state index in [-0.39, 0.29) is 28.7 Å². The number of carbonyl (C=O) groups is 1. The number of amides is 1. The molecule has 5 heterocycles. The minimum Gasteiger partial charge on any atom is -0.461 e. The maximum atomic E-state index is 16.7. The van der Waals surface area contributed by atoms with Crippen LogP contribution >= 0.6 is 11.6 Å². The van der Waals surface area contributed by atoms with Gasteiger partial charge in [0, 0.05) is 42.2 Å². The number of nitrogens with one attached hydrogen (secondary N) is 1. The van der Waals surface area contributed by atoms with Crippen molar-refractivity contribution in [2.45, 2.75) is 63.5 Å². The third-order valence-corrected chi connectivity index (χ3v) is 9.82. The predicted molar refractivity (Wildman–Crippen MR) is 167 cm³/mol. The molecule has 1 atom stereocenters. The van der Waals surface area contributed by atoms with Crippen LogP contribution in [0.1, 0.15) is 52.4 Å². The molecule has 10 heteroatoms. The third-order valence-electron chi connectivity index (χ3n) is 9.51. The fourth-order valence-electron chi connectivity index (χ4n) is 7.61. The van der Waals surface area contributed by atoms with Gasteiger partial charge in [-0.3, -0.25) is 14.7 Å². The van der Waals surface area contributed by atoms with Crippen LogP contribution in [0.5, 0.6) is 6.01 Å². The van der Waals surface area contributed by atoms with Crippen molar-refractivity contribution in [3.05, 3.63) is 53.4 Å². The molecule has 3 aliphatic rings. The van der Waals surface area contributed by atoms with Gasteiger partial charge in [-0.1, -0.05) is 41.9 Å². The van der Waals surface area contributed by atoms with E-state index in [1.807, 2.05) is 37.3 Å². The average molecular weight is 603 g/mol. The molecule has 7 rings (SSSR count). The number of hydrogen-bond acceptors (Lipinski definition) is 7. The summed E-state index contributed by atoms with van der Waals surface area (Å²) in [6.45, 7) is 7.45. The number of fused-ring (bicyclic) bond motifs is 3. The van der Waals surface area contributed by atoms with Gasteiger partial charge in [0.15, 0.2) is 5.82 Å². The highest BCUT2D eigenvalue weighted by molar-refractivity contribution is 6.36. The lowest BCUT2D eigenvalue weighted by Crippen LogP contribution is -2.56. The lowest BCUT2D eigenvalue weighted by molar-refractivity contribution is -0.120. The molecule has 0 bridgehead atoms. The Morgan fingerprint density at radius 2 is 1.81 bits per heavy atom.